The Hall–Kier alpha value is -1.88. The van der Waals surface area contributed by atoms with Crippen molar-refractivity contribution in [2.75, 3.05) is 19.6 Å². The molecule has 2 rings (SSSR count). The molecule has 1 heterocycles. The average molecular weight is 254 g/mol. The number of rotatable bonds is 5. The largest absolute Gasteiger partial charge is 0.315 e. The van der Waals surface area contributed by atoms with Crippen LogP contribution in [0.1, 0.15) is 24.0 Å². The lowest BCUT2D eigenvalue weighted by molar-refractivity contribution is 0.204. The first-order valence-electron chi connectivity index (χ1n) is 6.64. The third kappa shape index (κ3) is 3.79. The van der Waals surface area contributed by atoms with Crippen molar-refractivity contribution in [1.29, 1.82) is 10.5 Å². The molecule has 4 heteroatoms. The van der Waals surface area contributed by atoms with Crippen molar-refractivity contribution in [1.82, 2.24) is 10.2 Å². The van der Waals surface area contributed by atoms with Crippen LogP contribution in [0.15, 0.2) is 24.3 Å². The van der Waals surface area contributed by atoms with Gasteiger partial charge in [-0.05, 0) is 30.7 Å². The molecule has 98 valence electrons. The Morgan fingerprint density at radius 3 is 2.95 bits per heavy atom. The normalized spacial score (nSPS) is 18.2. The molecule has 0 aliphatic carbocycles. The van der Waals surface area contributed by atoms with Gasteiger partial charge in [0.2, 0.25) is 0 Å². The first-order chi connectivity index (χ1) is 9.33. The van der Waals surface area contributed by atoms with E-state index in [-0.39, 0.29) is 0 Å². The molecule has 1 aliphatic rings. The summed E-state index contributed by atoms with van der Waals surface area (Å²) in [5.74, 6) is 0. The molecule has 0 aromatic heterocycles. The summed E-state index contributed by atoms with van der Waals surface area (Å²) < 4.78 is 0. The van der Waals surface area contributed by atoms with Gasteiger partial charge in [-0.2, -0.15) is 10.5 Å². The smallest absolute Gasteiger partial charge is 0.0991 e. The number of hydrogen-bond donors (Lipinski definition) is 1. The Morgan fingerprint density at radius 1 is 1.37 bits per heavy atom. The molecule has 0 radical (unpaired) electrons. The van der Waals surface area contributed by atoms with Gasteiger partial charge in [0, 0.05) is 32.1 Å². The van der Waals surface area contributed by atoms with E-state index in [1.54, 1.807) is 0 Å². The van der Waals surface area contributed by atoms with Crippen molar-refractivity contribution in [2.45, 2.75) is 25.4 Å². The molecule has 0 spiro atoms. The second kappa shape index (κ2) is 6.89. The van der Waals surface area contributed by atoms with Gasteiger partial charge >= 0.3 is 0 Å². The highest BCUT2D eigenvalue weighted by atomic mass is 15.2. The van der Waals surface area contributed by atoms with E-state index in [9.17, 15) is 0 Å². The molecule has 1 atom stereocenters. The third-order valence-corrected chi connectivity index (χ3v) is 3.50. The minimum absolute atomic E-state index is 0.499. The van der Waals surface area contributed by atoms with Gasteiger partial charge < -0.3 is 5.32 Å². The van der Waals surface area contributed by atoms with Crippen LogP contribution in [0.2, 0.25) is 0 Å². The second-order valence-corrected chi connectivity index (χ2v) is 4.84. The number of benzene rings is 1. The van der Waals surface area contributed by atoms with E-state index in [1.165, 1.54) is 0 Å². The first-order valence-corrected chi connectivity index (χ1v) is 6.64. The Bertz CT molecular complexity index is 492. The quantitative estimate of drug-likeness (QED) is 0.867. The maximum Gasteiger partial charge on any atom is 0.0991 e. The topological polar surface area (TPSA) is 62.9 Å². The molecule has 0 saturated carbocycles. The molecule has 1 fully saturated rings. The SMILES string of the molecule is N#CCCN(Cc1cccc(C#N)c1)[C@H]1CCNC1. The van der Waals surface area contributed by atoms with Gasteiger partial charge in [-0.15, -0.1) is 0 Å². The van der Waals surface area contributed by atoms with Gasteiger partial charge in [0.05, 0.1) is 17.7 Å². The minimum Gasteiger partial charge on any atom is -0.315 e. The fourth-order valence-electron chi connectivity index (χ4n) is 2.51. The van der Waals surface area contributed by atoms with Crippen LogP contribution in [0.25, 0.3) is 0 Å². The Morgan fingerprint density at radius 2 is 2.26 bits per heavy atom. The predicted molar refractivity (Wildman–Crippen MR) is 73.1 cm³/mol. The Labute approximate surface area is 114 Å². The first kappa shape index (κ1) is 13.5. The van der Waals surface area contributed by atoms with E-state index in [4.69, 9.17) is 10.5 Å². The third-order valence-electron chi connectivity index (χ3n) is 3.50. The lowest BCUT2D eigenvalue weighted by Crippen LogP contribution is -2.37. The summed E-state index contributed by atoms with van der Waals surface area (Å²) in [6.45, 7) is 3.64. The van der Waals surface area contributed by atoms with Crippen molar-refractivity contribution in [3.8, 4) is 12.1 Å². The van der Waals surface area contributed by atoms with Crippen LogP contribution in [-0.2, 0) is 6.54 Å². The van der Waals surface area contributed by atoms with Crippen LogP contribution in [-0.4, -0.2) is 30.6 Å². The van der Waals surface area contributed by atoms with Gasteiger partial charge in [-0.3, -0.25) is 4.90 Å². The van der Waals surface area contributed by atoms with Crippen LogP contribution in [0, 0.1) is 22.7 Å². The monoisotopic (exact) mass is 254 g/mol. The van der Waals surface area contributed by atoms with E-state index in [1.807, 2.05) is 24.3 Å². The van der Waals surface area contributed by atoms with Gasteiger partial charge in [0.1, 0.15) is 0 Å². The molecule has 1 aromatic carbocycles. The van der Waals surface area contributed by atoms with Crippen molar-refractivity contribution in [3.05, 3.63) is 35.4 Å². The molecule has 19 heavy (non-hydrogen) atoms. The zero-order valence-electron chi connectivity index (χ0n) is 11.0. The Kier molecular flexibility index (Phi) is 4.92. The molecule has 1 N–H and O–H groups in total. The fraction of sp³-hybridized carbons (Fsp3) is 0.467. The van der Waals surface area contributed by atoms with Gasteiger partial charge in [-0.25, -0.2) is 0 Å². The standard InChI is InChI=1S/C15H18N4/c16-6-2-8-19(15-5-7-18-11-15)12-14-4-1-3-13(9-14)10-17/h1,3-4,9,15,18H,2,5,7-8,11-12H2/t15-/m0/s1. The lowest BCUT2D eigenvalue weighted by atomic mass is 10.1. The molecular formula is C15H18N4. The number of nitrogens with one attached hydrogen (secondary N) is 1. The zero-order valence-corrected chi connectivity index (χ0v) is 11.0. The van der Waals surface area contributed by atoms with Crippen LogP contribution in [0.4, 0.5) is 0 Å². The average Bonchev–Trinajstić information content (AvgIpc) is 2.97. The molecule has 1 aliphatic heterocycles. The molecule has 0 unspecified atom stereocenters. The Balaban J connectivity index is 2.05. The van der Waals surface area contributed by atoms with Crippen LogP contribution >= 0.6 is 0 Å². The summed E-state index contributed by atoms with van der Waals surface area (Å²) >= 11 is 0. The van der Waals surface area contributed by atoms with E-state index >= 15 is 0 Å². The summed E-state index contributed by atoms with van der Waals surface area (Å²) in [4.78, 5) is 2.35. The summed E-state index contributed by atoms with van der Waals surface area (Å²) in [6.07, 6.45) is 1.68. The number of hydrogen-bond acceptors (Lipinski definition) is 4. The van der Waals surface area contributed by atoms with Crippen molar-refractivity contribution < 1.29 is 0 Å². The summed E-state index contributed by atoms with van der Waals surface area (Å²) in [7, 11) is 0. The van der Waals surface area contributed by atoms with Gasteiger partial charge in [0.25, 0.3) is 0 Å². The van der Waals surface area contributed by atoms with E-state index in [0.717, 1.165) is 38.2 Å². The van der Waals surface area contributed by atoms with Crippen molar-refractivity contribution in [3.63, 3.8) is 0 Å². The van der Waals surface area contributed by atoms with E-state index < -0.39 is 0 Å². The predicted octanol–water partition coefficient (Wildman–Crippen LogP) is 1.64. The summed E-state index contributed by atoms with van der Waals surface area (Å²) in [6, 6.07) is 12.6. The highest BCUT2D eigenvalue weighted by Gasteiger charge is 2.21. The zero-order chi connectivity index (χ0) is 13.5. The van der Waals surface area contributed by atoms with E-state index in [2.05, 4.69) is 22.4 Å². The molecule has 0 bridgehead atoms. The number of nitrogens with zero attached hydrogens (tertiary/aromatic N) is 3. The maximum atomic E-state index is 8.93. The van der Waals surface area contributed by atoms with Crippen molar-refractivity contribution >= 4 is 0 Å². The molecular weight excluding hydrogens is 236 g/mol. The summed E-state index contributed by atoms with van der Waals surface area (Å²) in [5.41, 5.74) is 1.84. The summed E-state index contributed by atoms with van der Waals surface area (Å²) in [5, 5.41) is 21.1. The molecule has 1 saturated heterocycles. The van der Waals surface area contributed by atoms with Crippen LogP contribution in [0.3, 0.4) is 0 Å². The van der Waals surface area contributed by atoms with Crippen LogP contribution in [0.5, 0.6) is 0 Å². The maximum absolute atomic E-state index is 8.93. The molecule has 0 amide bonds. The second-order valence-electron chi connectivity index (χ2n) is 4.84. The van der Waals surface area contributed by atoms with Gasteiger partial charge in [-0.1, -0.05) is 12.1 Å². The number of nitriles is 2. The molecule has 1 aromatic rings. The van der Waals surface area contributed by atoms with Crippen molar-refractivity contribution in [2.24, 2.45) is 0 Å². The minimum atomic E-state index is 0.499. The van der Waals surface area contributed by atoms with E-state index in [0.29, 0.717) is 18.0 Å². The highest BCUT2D eigenvalue weighted by Crippen LogP contribution is 2.14. The van der Waals surface area contributed by atoms with Gasteiger partial charge in [0.15, 0.2) is 0 Å². The highest BCUT2D eigenvalue weighted by molar-refractivity contribution is 5.32. The lowest BCUT2D eigenvalue weighted by Gasteiger charge is -2.27. The molecule has 4 nitrogen and oxygen atoms in total. The fourth-order valence-corrected chi connectivity index (χ4v) is 2.51. The van der Waals surface area contributed by atoms with Crippen LogP contribution < -0.4 is 5.32 Å².